The number of nitrogens with one attached hydrogen (secondary N) is 1. The van der Waals surface area contributed by atoms with E-state index in [2.05, 4.69) is 4.98 Å². The molecule has 4 nitrogen and oxygen atoms in total. The maximum Gasteiger partial charge on any atom is 0.416 e. The molecule has 1 heterocycles. The molecule has 0 aliphatic heterocycles. The van der Waals surface area contributed by atoms with Gasteiger partial charge in [-0.2, -0.15) is 13.2 Å². The molecule has 21 heavy (non-hydrogen) atoms. The summed E-state index contributed by atoms with van der Waals surface area (Å²) in [5, 5.41) is 0. The summed E-state index contributed by atoms with van der Waals surface area (Å²) in [6, 6.07) is 3.32. The number of imidazole rings is 1. The minimum absolute atomic E-state index is 0.187. The number of aromatic amines is 1. The van der Waals surface area contributed by atoms with Crippen LogP contribution in [0.4, 0.5) is 13.2 Å². The summed E-state index contributed by atoms with van der Waals surface area (Å²) < 4.78 is 39.9. The van der Waals surface area contributed by atoms with Crippen LogP contribution in [-0.4, -0.2) is 15.5 Å². The van der Waals surface area contributed by atoms with Crippen LogP contribution in [0.1, 0.15) is 19.4 Å². The number of carbonyl (C=O) groups is 1. The molecule has 0 aliphatic rings. The van der Waals surface area contributed by atoms with E-state index in [1.54, 1.807) is 18.4 Å². The maximum absolute atomic E-state index is 12.7. The fraction of sp³-hybridized carbons (Fsp3) is 0.385. The molecular weight excluding hydrogens is 303 g/mol. The van der Waals surface area contributed by atoms with Crippen LogP contribution in [0.25, 0.3) is 11.0 Å². The van der Waals surface area contributed by atoms with Gasteiger partial charge in [0.05, 0.1) is 22.0 Å². The molecule has 0 spiro atoms. The molecule has 1 aromatic heterocycles. The quantitative estimate of drug-likeness (QED) is 0.854. The molecule has 0 radical (unpaired) electrons. The number of aromatic nitrogens is 2. The van der Waals surface area contributed by atoms with Gasteiger partial charge in [0.2, 0.25) is 5.91 Å². The average Bonchev–Trinajstić information content (AvgIpc) is 2.63. The first-order chi connectivity index (χ1) is 9.52. The van der Waals surface area contributed by atoms with Gasteiger partial charge in [0.25, 0.3) is 0 Å². The van der Waals surface area contributed by atoms with Gasteiger partial charge in [-0.1, -0.05) is 0 Å². The number of H-pyrrole nitrogens is 1. The second kappa shape index (κ2) is 4.87. The van der Waals surface area contributed by atoms with Crippen molar-refractivity contribution >= 4 is 29.2 Å². The maximum atomic E-state index is 12.7. The second-order valence-electron chi connectivity index (χ2n) is 5.49. The van der Waals surface area contributed by atoms with Gasteiger partial charge in [-0.05, 0) is 44.3 Å². The van der Waals surface area contributed by atoms with E-state index in [1.165, 1.54) is 6.07 Å². The summed E-state index contributed by atoms with van der Waals surface area (Å²) in [6.07, 6.45) is -4.42. The van der Waals surface area contributed by atoms with Crippen molar-refractivity contribution in [2.45, 2.75) is 26.6 Å². The Morgan fingerprint density at radius 1 is 1.38 bits per heavy atom. The lowest BCUT2D eigenvalue weighted by molar-refractivity contribution is -0.137. The third kappa shape index (κ3) is 2.94. The Kier molecular flexibility index (Phi) is 3.61. The number of carbonyl (C=O) groups excluding carboxylic acids is 1. The molecule has 0 atom stereocenters. The number of hydrogen-bond donors (Lipinski definition) is 2. The molecule has 2 aromatic rings. The number of primary amides is 1. The lowest BCUT2D eigenvalue weighted by atomic mass is 9.92. The van der Waals surface area contributed by atoms with Gasteiger partial charge in [0.1, 0.15) is 0 Å². The van der Waals surface area contributed by atoms with E-state index in [0.29, 0.717) is 5.52 Å². The van der Waals surface area contributed by atoms with Gasteiger partial charge in [-0.3, -0.25) is 4.79 Å². The third-order valence-corrected chi connectivity index (χ3v) is 3.64. The van der Waals surface area contributed by atoms with Gasteiger partial charge in [0, 0.05) is 6.54 Å². The first-order valence-corrected chi connectivity index (χ1v) is 6.53. The highest BCUT2D eigenvalue weighted by molar-refractivity contribution is 7.71. The van der Waals surface area contributed by atoms with E-state index in [-0.39, 0.29) is 16.8 Å². The first-order valence-electron chi connectivity index (χ1n) is 6.12. The first kappa shape index (κ1) is 15.6. The normalized spacial score (nSPS) is 12.8. The van der Waals surface area contributed by atoms with Crippen molar-refractivity contribution in [3.05, 3.63) is 28.5 Å². The summed E-state index contributed by atoms with van der Waals surface area (Å²) in [5.74, 6) is -0.509. The number of alkyl halides is 3. The minimum atomic E-state index is -4.42. The van der Waals surface area contributed by atoms with E-state index in [9.17, 15) is 18.0 Å². The molecule has 3 N–H and O–H groups in total. The van der Waals surface area contributed by atoms with Crippen molar-refractivity contribution in [1.29, 1.82) is 0 Å². The van der Waals surface area contributed by atoms with Crippen LogP contribution < -0.4 is 5.73 Å². The predicted octanol–water partition coefficient (Wildman–Crippen LogP) is 3.23. The number of nitrogens with zero attached hydrogens (tertiary/aromatic N) is 1. The lowest BCUT2D eigenvalue weighted by Crippen LogP contribution is -2.35. The monoisotopic (exact) mass is 317 g/mol. The third-order valence-electron chi connectivity index (χ3n) is 3.32. The number of amides is 1. The van der Waals surface area contributed by atoms with E-state index in [4.69, 9.17) is 18.0 Å². The lowest BCUT2D eigenvalue weighted by Gasteiger charge is -2.21. The highest BCUT2D eigenvalue weighted by Gasteiger charge is 2.31. The van der Waals surface area contributed by atoms with Crippen LogP contribution in [0.2, 0.25) is 0 Å². The zero-order chi connectivity index (χ0) is 16.0. The summed E-state index contributed by atoms with van der Waals surface area (Å²) >= 11 is 5.12. The van der Waals surface area contributed by atoms with Crippen LogP contribution in [0.5, 0.6) is 0 Å². The fourth-order valence-corrected chi connectivity index (χ4v) is 2.24. The highest BCUT2D eigenvalue weighted by Crippen LogP contribution is 2.31. The molecule has 2 rings (SSSR count). The van der Waals surface area contributed by atoms with Crippen LogP contribution in [0.3, 0.4) is 0 Å². The van der Waals surface area contributed by atoms with Crippen LogP contribution in [0, 0.1) is 10.2 Å². The van der Waals surface area contributed by atoms with Gasteiger partial charge >= 0.3 is 6.18 Å². The summed E-state index contributed by atoms with van der Waals surface area (Å²) in [4.78, 5) is 14.1. The van der Waals surface area contributed by atoms with Gasteiger partial charge in [-0.15, -0.1) is 0 Å². The number of hydrogen-bond acceptors (Lipinski definition) is 2. The van der Waals surface area contributed by atoms with Crippen LogP contribution in [0.15, 0.2) is 18.2 Å². The van der Waals surface area contributed by atoms with E-state index >= 15 is 0 Å². The molecule has 114 valence electrons. The van der Waals surface area contributed by atoms with Gasteiger partial charge in [0.15, 0.2) is 4.77 Å². The van der Waals surface area contributed by atoms with Crippen LogP contribution in [-0.2, 0) is 17.5 Å². The van der Waals surface area contributed by atoms with Crippen molar-refractivity contribution < 1.29 is 18.0 Å². The van der Waals surface area contributed by atoms with Crippen molar-refractivity contribution in [3.8, 4) is 0 Å². The Hall–Kier alpha value is -1.83. The smallest absolute Gasteiger partial charge is 0.369 e. The Balaban J connectivity index is 2.55. The Bertz CT molecular complexity index is 758. The summed E-state index contributed by atoms with van der Waals surface area (Å²) in [5.41, 5.74) is 4.47. The minimum Gasteiger partial charge on any atom is -0.369 e. The van der Waals surface area contributed by atoms with Crippen molar-refractivity contribution in [1.82, 2.24) is 9.55 Å². The molecular formula is C13H14F3N3OS. The predicted molar refractivity (Wildman–Crippen MR) is 75.1 cm³/mol. The molecule has 0 fully saturated rings. The van der Waals surface area contributed by atoms with Crippen molar-refractivity contribution in [2.24, 2.45) is 11.1 Å². The topological polar surface area (TPSA) is 63.8 Å². The van der Waals surface area contributed by atoms with Crippen LogP contribution >= 0.6 is 12.2 Å². The van der Waals surface area contributed by atoms with Gasteiger partial charge in [-0.25, -0.2) is 0 Å². The molecule has 0 bridgehead atoms. The molecule has 0 unspecified atom stereocenters. The second-order valence-corrected chi connectivity index (χ2v) is 5.88. The Morgan fingerprint density at radius 2 is 2.00 bits per heavy atom. The summed E-state index contributed by atoms with van der Waals surface area (Å²) in [7, 11) is 0. The molecule has 0 saturated carbocycles. The van der Waals surface area contributed by atoms with E-state index in [1.807, 2.05) is 0 Å². The zero-order valence-corrected chi connectivity index (χ0v) is 12.2. The zero-order valence-electron chi connectivity index (χ0n) is 11.4. The Labute approximate surface area is 123 Å². The highest BCUT2D eigenvalue weighted by atomic mass is 32.1. The van der Waals surface area contributed by atoms with E-state index < -0.39 is 23.1 Å². The molecule has 8 heteroatoms. The number of nitrogens with two attached hydrogens (primary N) is 1. The van der Waals surface area contributed by atoms with Gasteiger partial charge < -0.3 is 15.3 Å². The molecule has 1 aromatic carbocycles. The molecule has 0 saturated heterocycles. The number of benzene rings is 1. The standard InChI is InChI=1S/C13H14F3N3OS/c1-12(2,10(17)20)6-19-9-4-3-7(13(14,15)16)5-8(9)18-11(19)21/h3-5H,6H2,1-2H3,(H2,17,20)(H,18,21). The largest absolute Gasteiger partial charge is 0.416 e. The molecule has 1 amide bonds. The fourth-order valence-electron chi connectivity index (χ4n) is 1.97. The van der Waals surface area contributed by atoms with Crippen molar-refractivity contribution in [3.63, 3.8) is 0 Å². The van der Waals surface area contributed by atoms with E-state index in [0.717, 1.165) is 12.1 Å². The SMILES string of the molecule is CC(C)(Cn1c(=S)[nH]c2cc(C(F)(F)F)ccc21)C(N)=O. The van der Waals surface area contributed by atoms with Crippen molar-refractivity contribution in [2.75, 3.05) is 0 Å². The summed E-state index contributed by atoms with van der Waals surface area (Å²) in [6.45, 7) is 3.49. The average molecular weight is 317 g/mol. The number of rotatable bonds is 3. The molecule has 0 aliphatic carbocycles. The number of fused-ring (bicyclic) bond motifs is 1. The Morgan fingerprint density at radius 3 is 2.52 bits per heavy atom. The number of halogens is 3.